The summed E-state index contributed by atoms with van der Waals surface area (Å²) in [5.41, 5.74) is 5.48. The topological polar surface area (TPSA) is 98.5 Å². The first-order chi connectivity index (χ1) is 10.2. The summed E-state index contributed by atoms with van der Waals surface area (Å²) in [7, 11) is 0. The number of hydrogen-bond donors (Lipinski definition) is 2. The smallest absolute Gasteiger partial charge is 0.329 e. The van der Waals surface area contributed by atoms with E-state index < -0.39 is 29.9 Å². The predicted molar refractivity (Wildman–Crippen MR) is 85.0 cm³/mol. The van der Waals surface area contributed by atoms with Crippen molar-refractivity contribution in [2.24, 2.45) is 11.7 Å². The van der Waals surface area contributed by atoms with E-state index in [1.165, 1.54) is 6.92 Å². The van der Waals surface area contributed by atoms with Gasteiger partial charge in [-0.2, -0.15) is 0 Å². The number of amides is 2. The molecule has 0 saturated heterocycles. The van der Waals surface area contributed by atoms with Gasteiger partial charge in [-0.05, 0) is 37.1 Å². The van der Waals surface area contributed by atoms with Gasteiger partial charge in [-0.3, -0.25) is 9.59 Å². The Morgan fingerprint density at radius 1 is 1.14 bits per heavy atom. The Kier molecular flexibility index (Phi) is 6.55. The molecule has 0 spiro atoms. The van der Waals surface area contributed by atoms with Crippen LogP contribution < -0.4 is 11.1 Å². The van der Waals surface area contributed by atoms with E-state index >= 15 is 0 Å². The van der Waals surface area contributed by atoms with E-state index in [4.69, 9.17) is 10.5 Å². The van der Waals surface area contributed by atoms with Crippen LogP contribution in [0.1, 0.15) is 31.1 Å². The van der Waals surface area contributed by atoms with Crippen LogP contribution in [0.25, 0.3) is 0 Å². The molecular weight excluding hydrogens is 352 g/mol. The molecular formula is C15H19BrN2O4. The van der Waals surface area contributed by atoms with Crippen molar-refractivity contribution in [1.82, 2.24) is 5.32 Å². The van der Waals surface area contributed by atoms with Crippen molar-refractivity contribution < 1.29 is 19.1 Å². The highest BCUT2D eigenvalue weighted by atomic mass is 79.9. The lowest BCUT2D eigenvalue weighted by Gasteiger charge is -2.22. The highest BCUT2D eigenvalue weighted by Crippen LogP contribution is 2.12. The number of carbonyl (C=O) groups excluding carboxylic acids is 3. The standard InChI is InChI=1S/C15H19BrN2O4/c1-8(2)12(15(21)22-9(3)13(17)19)18-14(20)10-4-6-11(16)7-5-10/h4-9,12H,1-3H3,(H2,17,19)(H,18,20)/t9-,12+/m1/s1. The van der Waals surface area contributed by atoms with Crippen LogP contribution in [0.5, 0.6) is 0 Å². The monoisotopic (exact) mass is 370 g/mol. The van der Waals surface area contributed by atoms with Gasteiger partial charge in [0.15, 0.2) is 6.10 Å². The Hall–Kier alpha value is -1.89. The number of halogens is 1. The number of nitrogens with two attached hydrogens (primary N) is 1. The summed E-state index contributed by atoms with van der Waals surface area (Å²) in [6.45, 7) is 4.92. The maximum Gasteiger partial charge on any atom is 0.329 e. The lowest BCUT2D eigenvalue weighted by atomic mass is 10.0. The van der Waals surface area contributed by atoms with Crippen LogP contribution in [0.4, 0.5) is 0 Å². The molecule has 0 heterocycles. The summed E-state index contributed by atoms with van der Waals surface area (Å²) in [6.07, 6.45) is -1.04. The molecule has 6 nitrogen and oxygen atoms in total. The number of benzene rings is 1. The number of nitrogens with one attached hydrogen (secondary N) is 1. The summed E-state index contributed by atoms with van der Waals surface area (Å²) in [4.78, 5) is 35.2. The van der Waals surface area contributed by atoms with Gasteiger partial charge in [0.1, 0.15) is 6.04 Å². The van der Waals surface area contributed by atoms with Crippen LogP contribution in [0.3, 0.4) is 0 Å². The average molecular weight is 371 g/mol. The van der Waals surface area contributed by atoms with Gasteiger partial charge < -0.3 is 15.8 Å². The van der Waals surface area contributed by atoms with Crippen LogP contribution in [0, 0.1) is 5.92 Å². The third-order valence-corrected chi connectivity index (χ3v) is 3.54. The lowest BCUT2D eigenvalue weighted by molar-refractivity contribution is -0.156. The number of esters is 1. The molecule has 2 atom stereocenters. The Morgan fingerprint density at radius 2 is 1.68 bits per heavy atom. The second kappa shape index (κ2) is 7.93. The summed E-state index contributed by atoms with van der Waals surface area (Å²) in [6, 6.07) is 5.86. The second-order valence-corrected chi connectivity index (χ2v) is 6.10. The fourth-order valence-corrected chi connectivity index (χ4v) is 1.89. The zero-order valence-corrected chi connectivity index (χ0v) is 14.2. The molecule has 0 bridgehead atoms. The minimum absolute atomic E-state index is 0.202. The first-order valence-electron chi connectivity index (χ1n) is 6.78. The van der Waals surface area contributed by atoms with Crippen molar-refractivity contribution in [2.75, 3.05) is 0 Å². The van der Waals surface area contributed by atoms with E-state index in [9.17, 15) is 14.4 Å². The Bertz CT molecular complexity index is 557. The van der Waals surface area contributed by atoms with Crippen molar-refractivity contribution in [3.63, 3.8) is 0 Å². The molecule has 3 N–H and O–H groups in total. The summed E-state index contributed by atoms with van der Waals surface area (Å²) in [5, 5.41) is 2.62. The highest BCUT2D eigenvalue weighted by molar-refractivity contribution is 9.10. The first kappa shape index (κ1) is 18.2. The quantitative estimate of drug-likeness (QED) is 0.743. The van der Waals surface area contributed by atoms with Crippen LogP contribution >= 0.6 is 15.9 Å². The molecule has 22 heavy (non-hydrogen) atoms. The zero-order chi connectivity index (χ0) is 16.9. The molecule has 120 valence electrons. The molecule has 0 aliphatic carbocycles. The normalized spacial score (nSPS) is 13.3. The van der Waals surface area contributed by atoms with Gasteiger partial charge in [-0.25, -0.2) is 4.79 Å². The molecule has 0 fully saturated rings. The average Bonchev–Trinajstić information content (AvgIpc) is 2.44. The van der Waals surface area contributed by atoms with Gasteiger partial charge in [0.2, 0.25) is 0 Å². The van der Waals surface area contributed by atoms with Crippen molar-refractivity contribution in [1.29, 1.82) is 0 Å². The van der Waals surface area contributed by atoms with Gasteiger partial charge in [-0.15, -0.1) is 0 Å². The molecule has 1 aromatic carbocycles. The van der Waals surface area contributed by atoms with Crippen LogP contribution in [0.15, 0.2) is 28.7 Å². The van der Waals surface area contributed by atoms with Crippen LogP contribution in [-0.2, 0) is 14.3 Å². The molecule has 1 rings (SSSR count). The van der Waals surface area contributed by atoms with Gasteiger partial charge in [0, 0.05) is 10.0 Å². The van der Waals surface area contributed by atoms with E-state index in [1.807, 2.05) is 0 Å². The molecule has 0 saturated carbocycles. The summed E-state index contributed by atoms with van der Waals surface area (Å²) < 4.78 is 5.80. The fourth-order valence-electron chi connectivity index (χ4n) is 1.63. The molecule has 0 unspecified atom stereocenters. The number of rotatable bonds is 6. The van der Waals surface area contributed by atoms with Gasteiger partial charge in [-0.1, -0.05) is 29.8 Å². The summed E-state index contributed by atoms with van der Waals surface area (Å²) in [5.74, 6) is -2.02. The van der Waals surface area contributed by atoms with Crippen LogP contribution in [-0.4, -0.2) is 29.9 Å². The van der Waals surface area contributed by atoms with Crippen LogP contribution in [0.2, 0.25) is 0 Å². The Labute approximate surface area is 137 Å². The Balaban J connectivity index is 2.79. The number of carbonyl (C=O) groups is 3. The van der Waals surface area contributed by atoms with Crippen molar-refractivity contribution in [3.8, 4) is 0 Å². The van der Waals surface area contributed by atoms with Gasteiger partial charge >= 0.3 is 5.97 Å². The zero-order valence-electron chi connectivity index (χ0n) is 12.6. The van der Waals surface area contributed by atoms with E-state index in [-0.39, 0.29) is 5.92 Å². The molecule has 2 amide bonds. The number of primary amides is 1. The van der Waals surface area contributed by atoms with Gasteiger partial charge in [0.25, 0.3) is 11.8 Å². The van der Waals surface area contributed by atoms with E-state index in [1.54, 1.807) is 38.1 Å². The maximum absolute atomic E-state index is 12.2. The second-order valence-electron chi connectivity index (χ2n) is 5.18. The molecule has 0 aromatic heterocycles. The third kappa shape index (κ3) is 5.14. The summed E-state index contributed by atoms with van der Waals surface area (Å²) >= 11 is 3.28. The number of hydrogen-bond acceptors (Lipinski definition) is 4. The Morgan fingerprint density at radius 3 is 2.14 bits per heavy atom. The van der Waals surface area contributed by atoms with Gasteiger partial charge in [0.05, 0.1) is 0 Å². The third-order valence-electron chi connectivity index (χ3n) is 3.01. The largest absolute Gasteiger partial charge is 0.451 e. The highest BCUT2D eigenvalue weighted by Gasteiger charge is 2.28. The minimum Gasteiger partial charge on any atom is -0.451 e. The van der Waals surface area contributed by atoms with E-state index in [0.717, 1.165) is 4.47 Å². The van der Waals surface area contributed by atoms with Crippen molar-refractivity contribution in [2.45, 2.75) is 32.9 Å². The maximum atomic E-state index is 12.2. The first-order valence-corrected chi connectivity index (χ1v) is 7.58. The number of ether oxygens (including phenoxy) is 1. The van der Waals surface area contributed by atoms with Crippen molar-refractivity contribution >= 4 is 33.7 Å². The van der Waals surface area contributed by atoms with E-state index in [0.29, 0.717) is 5.56 Å². The SMILES string of the molecule is CC(C)[C@H](NC(=O)c1ccc(Br)cc1)C(=O)O[C@H](C)C(N)=O. The molecule has 0 aliphatic heterocycles. The molecule has 0 aliphatic rings. The van der Waals surface area contributed by atoms with E-state index in [2.05, 4.69) is 21.2 Å². The predicted octanol–water partition coefficient (Wildman–Crippen LogP) is 1.62. The lowest BCUT2D eigenvalue weighted by Crippen LogP contribution is -2.47. The molecule has 0 radical (unpaired) electrons. The molecule has 1 aromatic rings. The minimum atomic E-state index is -1.04. The van der Waals surface area contributed by atoms with Crippen molar-refractivity contribution in [3.05, 3.63) is 34.3 Å². The molecule has 7 heteroatoms. The fraction of sp³-hybridized carbons (Fsp3) is 0.400.